The molecule has 2 amide bonds. The third-order valence-corrected chi connectivity index (χ3v) is 5.63. The predicted molar refractivity (Wildman–Crippen MR) is 121 cm³/mol. The van der Waals surface area contributed by atoms with E-state index >= 15 is 0 Å². The van der Waals surface area contributed by atoms with Crippen LogP contribution in [0.3, 0.4) is 0 Å². The zero-order valence-electron chi connectivity index (χ0n) is 16.8. The van der Waals surface area contributed by atoms with Gasteiger partial charge in [0.1, 0.15) is 0 Å². The van der Waals surface area contributed by atoms with E-state index in [2.05, 4.69) is 15.7 Å². The lowest BCUT2D eigenvalue weighted by Gasteiger charge is -2.11. The molecule has 160 valence electrons. The molecule has 0 bridgehead atoms. The first-order valence-corrected chi connectivity index (χ1v) is 10.9. The van der Waals surface area contributed by atoms with Gasteiger partial charge < -0.3 is 10.6 Å². The van der Waals surface area contributed by atoms with Crippen LogP contribution in [0.5, 0.6) is 0 Å². The van der Waals surface area contributed by atoms with Crippen LogP contribution in [-0.4, -0.2) is 34.7 Å². The van der Waals surface area contributed by atoms with Crippen LogP contribution in [0.25, 0.3) is 5.69 Å². The van der Waals surface area contributed by atoms with Crippen LogP contribution in [0.4, 0.5) is 0 Å². The lowest BCUT2D eigenvalue weighted by Crippen LogP contribution is -2.35. The first-order chi connectivity index (χ1) is 15.0. The van der Waals surface area contributed by atoms with Crippen LogP contribution >= 0.6 is 23.2 Å². The Kier molecular flexibility index (Phi) is 6.59. The van der Waals surface area contributed by atoms with E-state index in [0.717, 1.165) is 24.1 Å². The zero-order chi connectivity index (χ0) is 21.8. The maximum absolute atomic E-state index is 12.8. The van der Waals surface area contributed by atoms with Crippen molar-refractivity contribution in [2.24, 2.45) is 0 Å². The first kappa shape index (κ1) is 21.4. The fraction of sp³-hybridized carbons (Fsp3) is 0.261. The number of benzene rings is 2. The summed E-state index contributed by atoms with van der Waals surface area (Å²) >= 11 is 12.4. The normalized spacial score (nSPS) is 13.1. The lowest BCUT2D eigenvalue weighted by atomic mass is 10.1. The third kappa shape index (κ3) is 5.27. The molecule has 0 unspecified atom stereocenters. The van der Waals surface area contributed by atoms with Crippen LogP contribution in [0.15, 0.2) is 54.7 Å². The van der Waals surface area contributed by atoms with Crippen LogP contribution < -0.4 is 10.6 Å². The largest absolute Gasteiger partial charge is 0.354 e. The number of carbonyl (C=O) groups excluding carboxylic acids is 2. The quantitative estimate of drug-likeness (QED) is 0.499. The van der Waals surface area contributed by atoms with Gasteiger partial charge in [-0.2, -0.15) is 5.10 Å². The van der Waals surface area contributed by atoms with E-state index in [9.17, 15) is 9.59 Å². The molecule has 0 saturated heterocycles. The molecule has 1 fully saturated rings. The molecule has 1 heterocycles. The second kappa shape index (κ2) is 9.54. The number of halogens is 2. The number of hydrogen-bond acceptors (Lipinski definition) is 3. The fourth-order valence-corrected chi connectivity index (χ4v) is 3.93. The maximum Gasteiger partial charge on any atom is 0.254 e. The van der Waals surface area contributed by atoms with Gasteiger partial charge in [-0.25, -0.2) is 4.68 Å². The van der Waals surface area contributed by atoms with E-state index < -0.39 is 0 Å². The number of carbonyl (C=O) groups is 2. The van der Waals surface area contributed by atoms with Crippen molar-refractivity contribution in [1.29, 1.82) is 0 Å². The molecule has 3 aromatic rings. The molecule has 2 aromatic carbocycles. The average Bonchev–Trinajstić information content (AvgIpc) is 3.50. The minimum absolute atomic E-state index is 0.0793. The molecule has 1 saturated carbocycles. The van der Waals surface area contributed by atoms with Gasteiger partial charge in [0.05, 0.1) is 34.6 Å². The summed E-state index contributed by atoms with van der Waals surface area (Å²) in [5.41, 5.74) is 3.03. The molecule has 31 heavy (non-hydrogen) atoms. The molecule has 2 N–H and O–H groups in total. The molecule has 0 atom stereocenters. The Morgan fingerprint density at radius 2 is 1.77 bits per heavy atom. The number of nitrogens with zero attached hydrogens (tertiary/aromatic N) is 2. The third-order valence-electron chi connectivity index (χ3n) is 5.09. The van der Waals surface area contributed by atoms with Gasteiger partial charge in [0.2, 0.25) is 5.91 Å². The molecular formula is C23H22Cl2N4O2. The number of aromatic nitrogens is 2. The van der Waals surface area contributed by atoms with E-state index in [1.165, 1.54) is 0 Å². The van der Waals surface area contributed by atoms with E-state index in [4.69, 9.17) is 23.2 Å². The van der Waals surface area contributed by atoms with Crippen molar-refractivity contribution in [2.75, 3.05) is 13.1 Å². The van der Waals surface area contributed by atoms with Crippen LogP contribution in [0.1, 0.15) is 40.4 Å². The molecule has 0 spiro atoms. The second-order valence-corrected chi connectivity index (χ2v) is 8.34. The van der Waals surface area contributed by atoms with Crippen molar-refractivity contribution in [2.45, 2.75) is 25.2 Å². The summed E-state index contributed by atoms with van der Waals surface area (Å²) in [6.07, 6.45) is 3.90. The molecule has 4 rings (SSSR count). The van der Waals surface area contributed by atoms with Gasteiger partial charge in [0.15, 0.2) is 0 Å². The van der Waals surface area contributed by atoms with Crippen molar-refractivity contribution in [3.63, 3.8) is 0 Å². The monoisotopic (exact) mass is 456 g/mol. The molecular weight excluding hydrogens is 435 g/mol. The highest BCUT2D eigenvalue weighted by molar-refractivity contribution is 6.35. The fourth-order valence-electron chi connectivity index (χ4n) is 3.44. The molecule has 1 aliphatic rings. The molecule has 8 heteroatoms. The number of rotatable bonds is 8. The number of nitrogens with one attached hydrogen (secondary N) is 2. The van der Waals surface area contributed by atoms with E-state index in [-0.39, 0.29) is 17.7 Å². The van der Waals surface area contributed by atoms with E-state index in [1.54, 1.807) is 29.1 Å². The molecule has 1 aliphatic carbocycles. The highest BCUT2D eigenvalue weighted by atomic mass is 35.5. The summed E-state index contributed by atoms with van der Waals surface area (Å²) in [6, 6.07) is 14.7. The van der Waals surface area contributed by atoms with Crippen molar-refractivity contribution < 1.29 is 9.59 Å². The van der Waals surface area contributed by atoms with Crippen molar-refractivity contribution in [1.82, 2.24) is 20.4 Å². The van der Waals surface area contributed by atoms with Crippen LogP contribution in [0, 0.1) is 0 Å². The Morgan fingerprint density at radius 3 is 2.48 bits per heavy atom. The van der Waals surface area contributed by atoms with Crippen LogP contribution in [0.2, 0.25) is 10.0 Å². The summed E-state index contributed by atoms with van der Waals surface area (Å²) < 4.78 is 1.73. The standard InChI is InChI=1S/C23H22Cl2N4O2/c24-17-8-9-20(19(25)13-17)29-22(16-6-7-16)18(14-28-29)23(31)27-11-10-26-21(30)12-15-4-2-1-3-5-15/h1-5,8-9,13-14,16H,6-7,10-12H2,(H,26,30)(H,27,31). The highest BCUT2D eigenvalue weighted by Crippen LogP contribution is 2.43. The topological polar surface area (TPSA) is 76.0 Å². The molecule has 1 aromatic heterocycles. The lowest BCUT2D eigenvalue weighted by molar-refractivity contribution is -0.120. The molecule has 6 nitrogen and oxygen atoms in total. The Labute approximate surface area is 190 Å². The summed E-state index contributed by atoms with van der Waals surface area (Å²) in [6.45, 7) is 0.684. The average molecular weight is 457 g/mol. The van der Waals surface area contributed by atoms with Gasteiger partial charge in [-0.15, -0.1) is 0 Å². The highest BCUT2D eigenvalue weighted by Gasteiger charge is 2.33. The van der Waals surface area contributed by atoms with Crippen LogP contribution in [-0.2, 0) is 11.2 Å². The number of hydrogen-bond donors (Lipinski definition) is 2. The smallest absolute Gasteiger partial charge is 0.254 e. The van der Waals surface area contributed by atoms with Crippen molar-refractivity contribution in [3.05, 3.63) is 81.6 Å². The second-order valence-electron chi connectivity index (χ2n) is 7.49. The van der Waals surface area contributed by atoms with Gasteiger partial charge >= 0.3 is 0 Å². The Balaban J connectivity index is 1.37. The van der Waals surface area contributed by atoms with Crippen molar-refractivity contribution >= 4 is 35.0 Å². The first-order valence-electron chi connectivity index (χ1n) is 10.1. The van der Waals surface area contributed by atoms with E-state index in [0.29, 0.717) is 40.8 Å². The summed E-state index contributed by atoms with van der Waals surface area (Å²) in [5, 5.41) is 11.1. The van der Waals surface area contributed by atoms with Crippen molar-refractivity contribution in [3.8, 4) is 5.69 Å². The van der Waals surface area contributed by atoms with Gasteiger partial charge in [-0.1, -0.05) is 53.5 Å². The number of amides is 2. The molecule has 0 radical (unpaired) electrons. The maximum atomic E-state index is 12.8. The minimum atomic E-state index is -0.212. The Bertz CT molecular complexity index is 1090. The summed E-state index contributed by atoms with van der Waals surface area (Å²) in [5.74, 6) is -0.0135. The predicted octanol–water partition coefficient (Wildman–Crippen LogP) is 4.15. The summed E-state index contributed by atoms with van der Waals surface area (Å²) in [7, 11) is 0. The van der Waals surface area contributed by atoms with Gasteiger partial charge in [0, 0.05) is 24.0 Å². The van der Waals surface area contributed by atoms with Gasteiger partial charge in [-0.3, -0.25) is 9.59 Å². The Hall–Kier alpha value is -2.83. The Morgan fingerprint density at radius 1 is 1.03 bits per heavy atom. The summed E-state index contributed by atoms with van der Waals surface area (Å²) in [4.78, 5) is 24.8. The minimum Gasteiger partial charge on any atom is -0.354 e. The van der Waals surface area contributed by atoms with Gasteiger partial charge in [-0.05, 0) is 36.6 Å². The van der Waals surface area contributed by atoms with Gasteiger partial charge in [0.25, 0.3) is 5.91 Å². The SMILES string of the molecule is O=C(Cc1ccccc1)NCCNC(=O)c1cnn(-c2ccc(Cl)cc2Cl)c1C1CC1. The zero-order valence-corrected chi connectivity index (χ0v) is 18.3. The molecule has 0 aliphatic heterocycles. The van der Waals surface area contributed by atoms with E-state index in [1.807, 2.05) is 30.3 Å².